The average molecular weight is 514 g/mol. The molecule has 0 saturated carbocycles. The zero-order chi connectivity index (χ0) is 22.7. The normalized spacial score (nSPS) is 14.0. The lowest BCUT2D eigenvalue weighted by Crippen LogP contribution is -2.34. The number of fused-ring (bicyclic) bond motifs is 3. The van der Waals surface area contributed by atoms with Crippen molar-refractivity contribution in [2.45, 2.75) is 39.8 Å². The molecule has 0 atom stereocenters. The summed E-state index contributed by atoms with van der Waals surface area (Å²) < 4.78 is 1.01. The van der Waals surface area contributed by atoms with Gasteiger partial charge in [0.2, 0.25) is 5.91 Å². The van der Waals surface area contributed by atoms with E-state index in [-0.39, 0.29) is 5.91 Å². The first-order valence-electron chi connectivity index (χ1n) is 10.9. The number of hydrogen-bond acceptors (Lipinski definition) is 6. The number of benzene rings is 1. The molecule has 0 radical (unpaired) electrons. The molecule has 1 aromatic carbocycles. The highest BCUT2D eigenvalue weighted by molar-refractivity contribution is 9.10. The highest BCUT2D eigenvalue weighted by Gasteiger charge is 2.25. The Morgan fingerprint density at radius 3 is 2.97 bits per heavy atom. The topological polar surface area (TPSA) is 61.4 Å². The molecule has 1 N–H and O–H groups in total. The van der Waals surface area contributed by atoms with Crippen LogP contribution in [0.4, 0.5) is 11.5 Å². The van der Waals surface area contributed by atoms with E-state index in [0.717, 1.165) is 45.7 Å². The lowest BCUT2D eigenvalue weighted by molar-refractivity contribution is -0.126. The van der Waals surface area contributed by atoms with Gasteiger partial charge in [0.25, 0.3) is 0 Å². The number of nitrogens with one attached hydrogen (secondary N) is 1. The Morgan fingerprint density at radius 1 is 1.38 bits per heavy atom. The number of halogens is 1. The van der Waals surface area contributed by atoms with Crippen LogP contribution in [0.1, 0.15) is 31.2 Å². The second-order valence-electron chi connectivity index (χ2n) is 8.14. The van der Waals surface area contributed by atoms with Gasteiger partial charge in [-0.3, -0.25) is 9.69 Å². The van der Waals surface area contributed by atoms with Gasteiger partial charge in [-0.05, 0) is 50.6 Å². The quantitative estimate of drug-likeness (QED) is 0.430. The first-order valence-corrected chi connectivity index (χ1v) is 12.5. The van der Waals surface area contributed by atoms with Crippen LogP contribution in [0.15, 0.2) is 47.2 Å². The van der Waals surface area contributed by atoms with Crippen molar-refractivity contribution in [3.8, 4) is 0 Å². The Morgan fingerprint density at radius 2 is 2.22 bits per heavy atom. The van der Waals surface area contributed by atoms with Crippen molar-refractivity contribution in [2.75, 3.05) is 25.0 Å². The summed E-state index contributed by atoms with van der Waals surface area (Å²) in [6.07, 6.45) is 6.12. The molecule has 1 amide bonds. The number of anilines is 2. The number of rotatable bonds is 7. The highest BCUT2D eigenvalue weighted by Crippen LogP contribution is 2.38. The number of thiophene rings is 1. The third-order valence-corrected chi connectivity index (χ3v) is 7.39. The van der Waals surface area contributed by atoms with Gasteiger partial charge in [0.1, 0.15) is 17.0 Å². The van der Waals surface area contributed by atoms with E-state index in [9.17, 15) is 4.79 Å². The van der Waals surface area contributed by atoms with Gasteiger partial charge in [-0.25, -0.2) is 9.97 Å². The number of aromatic nitrogens is 2. The zero-order valence-electron chi connectivity index (χ0n) is 18.6. The summed E-state index contributed by atoms with van der Waals surface area (Å²) in [4.78, 5) is 28.2. The molecule has 3 heterocycles. The number of hydrogen-bond donors (Lipinski definition) is 1. The average Bonchev–Trinajstić information content (AvgIpc) is 3.15. The van der Waals surface area contributed by atoms with Crippen LogP contribution in [0.5, 0.6) is 0 Å². The van der Waals surface area contributed by atoms with Gasteiger partial charge in [-0.15, -0.1) is 11.3 Å². The predicted octanol–water partition coefficient (Wildman–Crippen LogP) is 5.37. The zero-order valence-corrected chi connectivity index (χ0v) is 21.0. The number of carbonyl (C=O) groups excluding carboxylic acids is 1. The first kappa shape index (κ1) is 22.9. The molecule has 0 aliphatic carbocycles. The maximum absolute atomic E-state index is 12.8. The minimum Gasteiger partial charge on any atom is -0.340 e. The van der Waals surface area contributed by atoms with Crippen molar-refractivity contribution in [3.05, 3.63) is 57.7 Å². The van der Waals surface area contributed by atoms with E-state index in [1.54, 1.807) is 23.7 Å². The fraction of sp³-hybridized carbons (Fsp3) is 0.375. The van der Waals surface area contributed by atoms with Crippen LogP contribution in [0.2, 0.25) is 0 Å². The summed E-state index contributed by atoms with van der Waals surface area (Å²) in [6.45, 7) is 9.59. The molecule has 0 saturated heterocycles. The number of nitrogens with zero attached hydrogens (tertiary/aromatic N) is 4. The largest absolute Gasteiger partial charge is 0.340 e. The van der Waals surface area contributed by atoms with Gasteiger partial charge >= 0.3 is 0 Å². The molecule has 1 aliphatic heterocycles. The minimum atomic E-state index is 0.0754. The van der Waals surface area contributed by atoms with Gasteiger partial charge in [0.05, 0.1) is 11.9 Å². The van der Waals surface area contributed by atoms with Crippen molar-refractivity contribution in [2.24, 2.45) is 0 Å². The van der Waals surface area contributed by atoms with E-state index in [2.05, 4.69) is 56.9 Å². The Balaban J connectivity index is 1.51. The van der Waals surface area contributed by atoms with Gasteiger partial charge in [-0.2, -0.15) is 0 Å². The van der Waals surface area contributed by atoms with Gasteiger partial charge in [0.15, 0.2) is 0 Å². The molecule has 0 unspecified atom stereocenters. The summed E-state index contributed by atoms with van der Waals surface area (Å²) in [5.41, 5.74) is 2.23. The van der Waals surface area contributed by atoms with Crippen LogP contribution in [0, 0.1) is 0 Å². The van der Waals surface area contributed by atoms with Crippen LogP contribution in [0.25, 0.3) is 10.2 Å². The molecule has 8 heteroatoms. The Labute approximate surface area is 201 Å². The van der Waals surface area contributed by atoms with Gasteiger partial charge in [-0.1, -0.05) is 35.0 Å². The minimum absolute atomic E-state index is 0.0754. The van der Waals surface area contributed by atoms with E-state index in [1.165, 1.54) is 10.4 Å². The lowest BCUT2D eigenvalue weighted by Gasteiger charge is -2.26. The second-order valence-corrected chi connectivity index (χ2v) is 10.1. The summed E-state index contributed by atoms with van der Waals surface area (Å²) in [5.74, 6) is 0.894. The lowest BCUT2D eigenvalue weighted by atomic mass is 10.0. The molecular weight excluding hydrogens is 486 g/mol. The number of likely N-dealkylation sites (N-methyl/N-ethyl adjacent to an activating group) is 1. The smallest absolute Gasteiger partial charge is 0.246 e. The van der Waals surface area contributed by atoms with Crippen LogP contribution in [-0.2, 0) is 17.8 Å². The first-order chi connectivity index (χ1) is 15.5. The Kier molecular flexibility index (Phi) is 7.23. The molecular formula is C24H28BrN5OS. The summed E-state index contributed by atoms with van der Waals surface area (Å²) >= 11 is 5.18. The van der Waals surface area contributed by atoms with Crippen molar-refractivity contribution >= 4 is 54.9 Å². The molecule has 0 fully saturated rings. The standard InChI is InChI=1S/C24H28BrN5OS/c1-4-29(16(2)3)11-6-9-21(31)30-12-10-19-20(14-30)32-24-22(19)23(26-15-27-24)28-18-8-5-7-17(25)13-18/h5-9,13,15-16H,4,10-12,14H2,1-3H3,(H,26,27,28)/b9-6+. The molecule has 0 bridgehead atoms. The molecule has 168 valence electrons. The summed E-state index contributed by atoms with van der Waals surface area (Å²) in [6, 6.07) is 8.50. The molecule has 4 rings (SSSR count). The second kappa shape index (κ2) is 10.1. The highest BCUT2D eigenvalue weighted by atomic mass is 79.9. The Bertz CT molecular complexity index is 1140. The SMILES string of the molecule is CCN(C/C=C/C(=O)N1CCc2c(sc3ncnc(Nc4cccc(Br)c4)c23)C1)C(C)C. The van der Waals surface area contributed by atoms with Gasteiger partial charge in [0, 0.05) is 40.2 Å². The van der Waals surface area contributed by atoms with E-state index >= 15 is 0 Å². The predicted molar refractivity (Wildman–Crippen MR) is 135 cm³/mol. The number of amides is 1. The van der Waals surface area contributed by atoms with Crippen LogP contribution in [-0.4, -0.2) is 51.4 Å². The third-order valence-electron chi connectivity index (χ3n) is 5.77. The van der Waals surface area contributed by atoms with Crippen LogP contribution < -0.4 is 5.32 Å². The van der Waals surface area contributed by atoms with Gasteiger partial charge < -0.3 is 10.2 Å². The van der Waals surface area contributed by atoms with E-state index in [1.807, 2.05) is 35.2 Å². The van der Waals surface area contributed by atoms with Crippen LogP contribution in [0.3, 0.4) is 0 Å². The molecule has 3 aromatic rings. The van der Waals surface area contributed by atoms with E-state index in [4.69, 9.17) is 0 Å². The fourth-order valence-corrected chi connectivity index (χ4v) is 5.62. The molecule has 6 nitrogen and oxygen atoms in total. The van der Waals surface area contributed by atoms with Crippen molar-refractivity contribution in [1.82, 2.24) is 19.8 Å². The molecule has 1 aliphatic rings. The fourth-order valence-electron chi connectivity index (χ4n) is 4.01. The maximum Gasteiger partial charge on any atom is 0.246 e. The van der Waals surface area contributed by atoms with E-state index in [0.29, 0.717) is 19.1 Å². The van der Waals surface area contributed by atoms with Crippen molar-refractivity contribution in [1.29, 1.82) is 0 Å². The summed E-state index contributed by atoms with van der Waals surface area (Å²) in [5, 5.41) is 4.51. The maximum atomic E-state index is 12.8. The molecule has 2 aromatic heterocycles. The third kappa shape index (κ3) is 5.03. The Hall–Kier alpha value is -2.29. The monoisotopic (exact) mass is 513 g/mol. The molecule has 0 spiro atoms. The van der Waals surface area contributed by atoms with Crippen molar-refractivity contribution < 1.29 is 4.79 Å². The number of carbonyl (C=O) groups is 1. The van der Waals surface area contributed by atoms with E-state index < -0.39 is 0 Å². The van der Waals surface area contributed by atoms with Crippen molar-refractivity contribution in [3.63, 3.8) is 0 Å². The molecule has 32 heavy (non-hydrogen) atoms. The van der Waals surface area contributed by atoms with Crippen LogP contribution >= 0.6 is 27.3 Å². The summed E-state index contributed by atoms with van der Waals surface area (Å²) in [7, 11) is 0.